The molecule has 1 aliphatic carbocycles. The predicted molar refractivity (Wildman–Crippen MR) is 83.5 cm³/mol. The van der Waals surface area contributed by atoms with Crippen molar-refractivity contribution in [1.29, 1.82) is 0 Å². The lowest BCUT2D eigenvalue weighted by Crippen LogP contribution is -2.23. The third kappa shape index (κ3) is 2.94. The van der Waals surface area contributed by atoms with Crippen LogP contribution in [-0.4, -0.2) is 18.3 Å². The lowest BCUT2D eigenvalue weighted by molar-refractivity contribution is 0.274. The molecule has 3 rings (SSSR count). The van der Waals surface area contributed by atoms with Gasteiger partial charge in [-0.3, -0.25) is 0 Å². The normalized spacial score (nSPS) is 15.4. The Hall–Kier alpha value is -2.24. The van der Waals surface area contributed by atoms with Crippen LogP contribution in [-0.2, 0) is 6.42 Å². The first kappa shape index (κ1) is 13.7. The number of hydrogen-bond acceptors (Lipinski definition) is 2. The van der Waals surface area contributed by atoms with E-state index in [-0.39, 0.29) is 6.61 Å². The zero-order chi connectivity index (χ0) is 14.7. The van der Waals surface area contributed by atoms with E-state index in [0.717, 1.165) is 23.3 Å². The van der Waals surface area contributed by atoms with Gasteiger partial charge in [0.15, 0.2) is 0 Å². The van der Waals surface area contributed by atoms with Gasteiger partial charge in [0.2, 0.25) is 0 Å². The van der Waals surface area contributed by atoms with Crippen molar-refractivity contribution in [2.45, 2.75) is 19.3 Å². The second-order valence-corrected chi connectivity index (χ2v) is 5.37. The average Bonchev–Trinajstić information content (AvgIpc) is 2.47. The van der Waals surface area contributed by atoms with Crippen LogP contribution in [0.25, 0.3) is 0 Å². The molecule has 0 spiro atoms. The van der Waals surface area contributed by atoms with Gasteiger partial charge >= 0.3 is 0 Å². The third-order valence-electron chi connectivity index (χ3n) is 3.84. The number of hydrogen-bond donors (Lipinski definition) is 1. The standard InChI is InChI=1S/C19H18O2/c1-14-8-9-19(16(11-14)6-4-10-20)21-13-17-12-15-5-2-3-7-18(15)17/h2-3,5,7-9,11,17,20H,10,12-13H2,1H3. The van der Waals surface area contributed by atoms with Crippen LogP contribution in [0.5, 0.6) is 5.75 Å². The minimum atomic E-state index is -0.136. The maximum absolute atomic E-state index is 8.85. The molecule has 1 aliphatic rings. The Bertz CT molecular complexity index is 707. The maximum Gasteiger partial charge on any atom is 0.134 e. The maximum atomic E-state index is 8.85. The van der Waals surface area contributed by atoms with Crippen LogP contribution in [0, 0.1) is 18.8 Å². The van der Waals surface area contributed by atoms with Crippen molar-refractivity contribution in [3.8, 4) is 17.6 Å². The summed E-state index contributed by atoms with van der Waals surface area (Å²) in [4.78, 5) is 0. The van der Waals surface area contributed by atoms with E-state index in [1.807, 2.05) is 25.1 Å². The molecule has 1 unspecified atom stereocenters. The number of aryl methyl sites for hydroxylation is 1. The topological polar surface area (TPSA) is 29.5 Å². The third-order valence-corrected chi connectivity index (χ3v) is 3.84. The highest BCUT2D eigenvalue weighted by molar-refractivity contribution is 5.48. The zero-order valence-electron chi connectivity index (χ0n) is 12.1. The molecular weight excluding hydrogens is 260 g/mol. The molecule has 1 N–H and O–H groups in total. The molecule has 2 aromatic carbocycles. The zero-order valence-corrected chi connectivity index (χ0v) is 12.1. The van der Waals surface area contributed by atoms with E-state index >= 15 is 0 Å². The monoisotopic (exact) mass is 278 g/mol. The molecule has 0 bridgehead atoms. The summed E-state index contributed by atoms with van der Waals surface area (Å²) in [6, 6.07) is 14.5. The Morgan fingerprint density at radius 3 is 2.90 bits per heavy atom. The van der Waals surface area contributed by atoms with Crippen LogP contribution < -0.4 is 4.74 Å². The van der Waals surface area contributed by atoms with Gasteiger partial charge in [-0.05, 0) is 42.2 Å². The van der Waals surface area contributed by atoms with E-state index in [0.29, 0.717) is 12.5 Å². The smallest absolute Gasteiger partial charge is 0.134 e. The van der Waals surface area contributed by atoms with Gasteiger partial charge in [-0.2, -0.15) is 0 Å². The largest absolute Gasteiger partial charge is 0.492 e. The first-order chi connectivity index (χ1) is 10.3. The number of ether oxygens (including phenoxy) is 1. The molecule has 0 heterocycles. The lowest BCUT2D eigenvalue weighted by atomic mass is 9.78. The Morgan fingerprint density at radius 2 is 2.10 bits per heavy atom. The van der Waals surface area contributed by atoms with Gasteiger partial charge in [0.1, 0.15) is 12.4 Å². The van der Waals surface area contributed by atoms with Crippen molar-refractivity contribution >= 4 is 0 Å². The fraction of sp³-hybridized carbons (Fsp3) is 0.263. The van der Waals surface area contributed by atoms with Gasteiger partial charge in [0.25, 0.3) is 0 Å². The molecule has 21 heavy (non-hydrogen) atoms. The minimum Gasteiger partial charge on any atom is -0.492 e. The number of benzene rings is 2. The van der Waals surface area contributed by atoms with E-state index in [4.69, 9.17) is 9.84 Å². The van der Waals surface area contributed by atoms with Crippen LogP contribution in [0.4, 0.5) is 0 Å². The van der Waals surface area contributed by atoms with Crippen LogP contribution in [0.1, 0.15) is 28.2 Å². The molecule has 2 aromatic rings. The van der Waals surface area contributed by atoms with Crippen molar-refractivity contribution < 1.29 is 9.84 Å². The van der Waals surface area contributed by atoms with E-state index in [2.05, 4.69) is 36.1 Å². The molecule has 1 atom stereocenters. The summed E-state index contributed by atoms with van der Waals surface area (Å²) in [5, 5.41) is 8.85. The van der Waals surface area contributed by atoms with E-state index in [1.165, 1.54) is 11.1 Å². The predicted octanol–water partition coefficient (Wildman–Crippen LogP) is 3.06. The Labute approximate surface area is 125 Å². The van der Waals surface area contributed by atoms with E-state index in [1.54, 1.807) is 0 Å². The molecular formula is C19H18O2. The molecule has 0 aliphatic heterocycles. The number of fused-ring (bicyclic) bond motifs is 1. The molecule has 106 valence electrons. The summed E-state index contributed by atoms with van der Waals surface area (Å²) in [7, 11) is 0. The van der Waals surface area contributed by atoms with Crippen molar-refractivity contribution in [1.82, 2.24) is 0 Å². The molecule has 2 nitrogen and oxygen atoms in total. The van der Waals surface area contributed by atoms with Crippen LogP contribution in [0.3, 0.4) is 0 Å². The summed E-state index contributed by atoms with van der Waals surface area (Å²) >= 11 is 0. The summed E-state index contributed by atoms with van der Waals surface area (Å²) in [5.41, 5.74) is 4.80. The van der Waals surface area contributed by atoms with Gasteiger partial charge in [-0.1, -0.05) is 42.2 Å². The second kappa shape index (κ2) is 6.03. The highest BCUT2D eigenvalue weighted by Crippen LogP contribution is 2.35. The van der Waals surface area contributed by atoms with Gasteiger partial charge in [-0.15, -0.1) is 0 Å². The van der Waals surface area contributed by atoms with Crippen molar-refractivity contribution in [2.75, 3.05) is 13.2 Å². The van der Waals surface area contributed by atoms with Crippen molar-refractivity contribution in [3.05, 3.63) is 64.7 Å². The summed E-state index contributed by atoms with van der Waals surface area (Å²) < 4.78 is 5.97. The van der Waals surface area contributed by atoms with Crippen LogP contribution >= 0.6 is 0 Å². The Kier molecular flexibility index (Phi) is 3.94. The first-order valence-electron chi connectivity index (χ1n) is 7.19. The molecule has 0 fully saturated rings. The number of rotatable bonds is 3. The van der Waals surface area contributed by atoms with Gasteiger partial charge in [-0.25, -0.2) is 0 Å². The lowest BCUT2D eigenvalue weighted by Gasteiger charge is -2.30. The van der Waals surface area contributed by atoms with Crippen molar-refractivity contribution in [3.63, 3.8) is 0 Å². The van der Waals surface area contributed by atoms with Gasteiger partial charge < -0.3 is 9.84 Å². The van der Waals surface area contributed by atoms with Crippen LogP contribution in [0.15, 0.2) is 42.5 Å². The summed E-state index contributed by atoms with van der Waals surface area (Å²) in [6.07, 6.45) is 1.08. The SMILES string of the molecule is Cc1ccc(OCC2Cc3ccccc32)c(C#CCO)c1. The highest BCUT2D eigenvalue weighted by Gasteiger charge is 2.25. The fourth-order valence-corrected chi connectivity index (χ4v) is 2.70. The molecule has 0 saturated carbocycles. The minimum absolute atomic E-state index is 0.136. The number of aliphatic hydroxyl groups is 1. The summed E-state index contributed by atoms with van der Waals surface area (Å²) in [6.45, 7) is 2.56. The van der Waals surface area contributed by atoms with E-state index < -0.39 is 0 Å². The second-order valence-electron chi connectivity index (χ2n) is 5.37. The number of aliphatic hydroxyl groups excluding tert-OH is 1. The van der Waals surface area contributed by atoms with E-state index in [9.17, 15) is 0 Å². The molecule has 0 aromatic heterocycles. The van der Waals surface area contributed by atoms with Gasteiger partial charge in [0.05, 0.1) is 12.2 Å². The highest BCUT2D eigenvalue weighted by atomic mass is 16.5. The van der Waals surface area contributed by atoms with Crippen LogP contribution in [0.2, 0.25) is 0 Å². The molecule has 2 heteroatoms. The molecule has 0 saturated heterocycles. The summed E-state index contributed by atoms with van der Waals surface area (Å²) in [5.74, 6) is 6.92. The van der Waals surface area contributed by atoms with Gasteiger partial charge in [0, 0.05) is 5.92 Å². The quantitative estimate of drug-likeness (QED) is 0.874. The van der Waals surface area contributed by atoms with Crippen molar-refractivity contribution in [2.24, 2.45) is 0 Å². The Balaban J connectivity index is 1.72. The Morgan fingerprint density at radius 1 is 1.24 bits per heavy atom. The molecule has 0 radical (unpaired) electrons. The average molecular weight is 278 g/mol. The first-order valence-corrected chi connectivity index (χ1v) is 7.19. The molecule has 0 amide bonds. The fourth-order valence-electron chi connectivity index (χ4n) is 2.70.